The largest absolute Gasteiger partial charge is 0.494 e. The van der Waals surface area contributed by atoms with Gasteiger partial charge >= 0.3 is 0 Å². The van der Waals surface area contributed by atoms with Crippen molar-refractivity contribution in [1.82, 2.24) is 0 Å². The second kappa shape index (κ2) is 12.4. The Balaban J connectivity index is 1.53. The van der Waals surface area contributed by atoms with Crippen LogP contribution in [0.25, 0.3) is 0 Å². The van der Waals surface area contributed by atoms with Crippen LogP contribution < -0.4 is 19.1 Å². The van der Waals surface area contributed by atoms with Crippen LogP contribution in [-0.2, 0) is 24.8 Å². The van der Waals surface area contributed by atoms with Gasteiger partial charge in [0.05, 0.1) is 27.8 Å². The number of para-hydroxylation sites is 1. The summed E-state index contributed by atoms with van der Waals surface area (Å²) in [7, 11) is -8.12. The summed E-state index contributed by atoms with van der Waals surface area (Å²) in [6, 6.07) is 22.8. The second-order valence-electron chi connectivity index (χ2n) is 8.89. The number of halogens is 1. The minimum Gasteiger partial charge on any atom is -0.494 e. The molecule has 12 heteroatoms. The summed E-state index contributed by atoms with van der Waals surface area (Å²) in [5.41, 5.74) is 1.53. The molecule has 0 radical (unpaired) electrons. The standard InChI is InChI=1S/C29H28FN3O6S2/c1-3-39-25-14-18-27(19-15-25)41(37,38)33(24-12-8-22(30)9-13-24)20-29(34)31-23-10-16-26(17-11-23)40(35,36)32-28-7-5-4-6-21(28)2/h4-19,32H,3,20H2,1-2H3,(H,31,34). The number of rotatable bonds is 11. The van der Waals surface area contributed by atoms with Crippen molar-refractivity contribution in [2.24, 2.45) is 0 Å². The lowest BCUT2D eigenvalue weighted by Crippen LogP contribution is -2.38. The van der Waals surface area contributed by atoms with Crippen LogP contribution in [0, 0.1) is 12.7 Å². The quantitative estimate of drug-likeness (QED) is 0.246. The molecule has 0 aliphatic heterocycles. The van der Waals surface area contributed by atoms with Gasteiger partial charge in [0.25, 0.3) is 20.0 Å². The molecule has 0 spiro atoms. The van der Waals surface area contributed by atoms with E-state index in [1.807, 2.05) is 0 Å². The molecule has 0 aromatic heterocycles. The Morgan fingerprint density at radius 1 is 0.829 bits per heavy atom. The number of aryl methyl sites for hydroxylation is 1. The third-order valence-corrected chi connectivity index (χ3v) is 9.13. The molecule has 0 fully saturated rings. The number of carbonyl (C=O) groups excluding carboxylic acids is 1. The highest BCUT2D eigenvalue weighted by molar-refractivity contribution is 7.93. The molecule has 41 heavy (non-hydrogen) atoms. The Bertz CT molecular complexity index is 1730. The second-order valence-corrected chi connectivity index (χ2v) is 12.4. The van der Waals surface area contributed by atoms with Gasteiger partial charge < -0.3 is 10.1 Å². The SMILES string of the molecule is CCOc1ccc(S(=O)(=O)N(CC(=O)Nc2ccc(S(=O)(=O)Nc3ccccc3C)cc2)c2ccc(F)cc2)cc1. The first-order valence-electron chi connectivity index (χ1n) is 12.5. The number of nitrogens with one attached hydrogen (secondary N) is 2. The van der Waals surface area contributed by atoms with Gasteiger partial charge in [-0.3, -0.25) is 13.8 Å². The molecule has 0 heterocycles. The van der Waals surface area contributed by atoms with E-state index in [9.17, 15) is 26.0 Å². The molecule has 4 aromatic carbocycles. The summed E-state index contributed by atoms with van der Waals surface area (Å²) in [5.74, 6) is -0.779. The fourth-order valence-electron chi connectivity index (χ4n) is 3.86. The Hall–Kier alpha value is -4.42. The van der Waals surface area contributed by atoms with Gasteiger partial charge in [0.1, 0.15) is 18.1 Å². The lowest BCUT2D eigenvalue weighted by Gasteiger charge is -2.24. The Morgan fingerprint density at radius 2 is 1.44 bits per heavy atom. The minimum atomic E-state index is -4.24. The normalized spacial score (nSPS) is 11.5. The van der Waals surface area contributed by atoms with Crippen molar-refractivity contribution in [3.8, 4) is 5.75 Å². The van der Waals surface area contributed by atoms with Crippen molar-refractivity contribution < 1.29 is 30.8 Å². The number of sulfonamides is 2. The summed E-state index contributed by atoms with van der Waals surface area (Å²) >= 11 is 0. The van der Waals surface area contributed by atoms with Crippen LogP contribution >= 0.6 is 0 Å². The summed E-state index contributed by atoms with van der Waals surface area (Å²) in [6.07, 6.45) is 0. The average Bonchev–Trinajstić information content (AvgIpc) is 2.94. The van der Waals surface area contributed by atoms with Gasteiger partial charge in [0, 0.05) is 5.69 Å². The maximum Gasteiger partial charge on any atom is 0.264 e. The Morgan fingerprint density at radius 3 is 2.05 bits per heavy atom. The van der Waals surface area contributed by atoms with Crippen molar-refractivity contribution in [2.75, 3.05) is 27.5 Å². The third kappa shape index (κ3) is 7.21. The third-order valence-electron chi connectivity index (χ3n) is 5.96. The highest BCUT2D eigenvalue weighted by Gasteiger charge is 2.27. The monoisotopic (exact) mass is 597 g/mol. The molecule has 9 nitrogen and oxygen atoms in total. The highest BCUT2D eigenvalue weighted by Crippen LogP contribution is 2.26. The highest BCUT2D eigenvalue weighted by atomic mass is 32.2. The van der Waals surface area contributed by atoms with Gasteiger partial charge in [0.15, 0.2) is 0 Å². The van der Waals surface area contributed by atoms with Gasteiger partial charge in [-0.1, -0.05) is 18.2 Å². The number of nitrogens with zero attached hydrogens (tertiary/aromatic N) is 1. The molecule has 4 rings (SSSR count). The van der Waals surface area contributed by atoms with Crippen LogP contribution in [0.4, 0.5) is 21.5 Å². The van der Waals surface area contributed by atoms with Gasteiger partial charge in [-0.05, 0) is 98.3 Å². The summed E-state index contributed by atoms with van der Waals surface area (Å²) in [4.78, 5) is 12.9. The van der Waals surface area contributed by atoms with Crippen molar-refractivity contribution >= 4 is 43.0 Å². The summed E-state index contributed by atoms with van der Waals surface area (Å²) in [6.45, 7) is 3.36. The van der Waals surface area contributed by atoms with E-state index in [-0.39, 0.29) is 21.2 Å². The minimum absolute atomic E-state index is 0.0234. The average molecular weight is 598 g/mol. The van der Waals surface area contributed by atoms with Crippen molar-refractivity contribution in [1.29, 1.82) is 0 Å². The van der Waals surface area contributed by atoms with Crippen molar-refractivity contribution in [3.63, 3.8) is 0 Å². The molecule has 214 valence electrons. The fraction of sp³-hybridized carbons (Fsp3) is 0.138. The maximum atomic E-state index is 13.6. The van der Waals surface area contributed by atoms with Crippen LogP contribution in [0.2, 0.25) is 0 Å². The maximum absolute atomic E-state index is 13.6. The molecule has 0 saturated heterocycles. The van der Waals surface area contributed by atoms with E-state index in [4.69, 9.17) is 4.74 Å². The molecule has 0 saturated carbocycles. The Kier molecular flexibility index (Phi) is 8.94. The molecule has 4 aromatic rings. The van der Waals surface area contributed by atoms with Gasteiger partial charge in [0.2, 0.25) is 5.91 Å². The zero-order chi connectivity index (χ0) is 29.6. The number of carbonyl (C=O) groups is 1. The molecule has 0 atom stereocenters. The Labute approximate surface area is 238 Å². The summed E-state index contributed by atoms with van der Waals surface area (Å²) < 4.78 is 75.1. The predicted octanol–water partition coefficient (Wildman–Crippen LogP) is 5.17. The fourth-order valence-corrected chi connectivity index (χ4v) is 6.42. The van der Waals surface area contributed by atoms with E-state index in [1.54, 1.807) is 38.1 Å². The number of hydrogen-bond donors (Lipinski definition) is 2. The van der Waals surface area contributed by atoms with Crippen LogP contribution in [0.5, 0.6) is 5.75 Å². The van der Waals surface area contributed by atoms with E-state index in [0.717, 1.165) is 22.0 Å². The number of benzene rings is 4. The van der Waals surface area contributed by atoms with Crippen LogP contribution in [-0.4, -0.2) is 35.9 Å². The molecule has 0 aliphatic carbocycles. The number of amides is 1. The molecule has 2 N–H and O–H groups in total. The van der Waals surface area contributed by atoms with Crippen LogP contribution in [0.1, 0.15) is 12.5 Å². The van der Waals surface area contributed by atoms with Crippen molar-refractivity contribution in [2.45, 2.75) is 23.6 Å². The van der Waals surface area contributed by atoms with Crippen molar-refractivity contribution in [3.05, 3.63) is 108 Å². The first kappa shape index (κ1) is 29.6. The molecule has 0 bridgehead atoms. The van der Waals surface area contributed by atoms with Crippen LogP contribution in [0.3, 0.4) is 0 Å². The molecule has 0 unspecified atom stereocenters. The smallest absolute Gasteiger partial charge is 0.264 e. The number of hydrogen-bond acceptors (Lipinski definition) is 6. The van der Waals surface area contributed by atoms with E-state index in [2.05, 4.69) is 10.0 Å². The van der Waals surface area contributed by atoms with Gasteiger partial charge in [-0.15, -0.1) is 0 Å². The van der Waals surface area contributed by atoms with Crippen LogP contribution in [0.15, 0.2) is 107 Å². The van der Waals surface area contributed by atoms with E-state index < -0.39 is 38.3 Å². The number of ether oxygens (including phenoxy) is 1. The zero-order valence-electron chi connectivity index (χ0n) is 22.2. The first-order valence-corrected chi connectivity index (χ1v) is 15.4. The predicted molar refractivity (Wildman–Crippen MR) is 156 cm³/mol. The molecular weight excluding hydrogens is 569 g/mol. The molecule has 0 aliphatic rings. The summed E-state index contributed by atoms with van der Waals surface area (Å²) in [5, 5.41) is 2.59. The van der Waals surface area contributed by atoms with Gasteiger partial charge in [-0.2, -0.15) is 0 Å². The first-order chi connectivity index (χ1) is 19.5. The topological polar surface area (TPSA) is 122 Å². The zero-order valence-corrected chi connectivity index (χ0v) is 23.9. The van der Waals surface area contributed by atoms with E-state index >= 15 is 0 Å². The van der Waals surface area contributed by atoms with E-state index in [1.165, 1.54) is 60.7 Å². The molecule has 1 amide bonds. The van der Waals surface area contributed by atoms with Gasteiger partial charge in [-0.25, -0.2) is 21.2 Å². The molecular formula is C29H28FN3O6S2. The lowest BCUT2D eigenvalue weighted by molar-refractivity contribution is -0.114. The van der Waals surface area contributed by atoms with E-state index in [0.29, 0.717) is 18.0 Å². The number of anilines is 3. The lowest BCUT2D eigenvalue weighted by atomic mass is 10.2.